The second-order valence-electron chi connectivity index (χ2n) is 7.08. The Bertz CT molecular complexity index is 1080. The molecule has 3 aromatic rings. The number of aryl methyl sites for hydroxylation is 2. The lowest BCUT2D eigenvalue weighted by Crippen LogP contribution is -2.41. The van der Waals surface area contributed by atoms with Crippen molar-refractivity contribution in [2.45, 2.75) is 23.8 Å². The van der Waals surface area contributed by atoms with Crippen LogP contribution in [0.3, 0.4) is 0 Å². The van der Waals surface area contributed by atoms with Crippen LogP contribution in [-0.4, -0.2) is 30.9 Å². The van der Waals surface area contributed by atoms with Crippen LogP contribution in [-0.2, 0) is 0 Å². The maximum absolute atomic E-state index is 12.7. The third-order valence-electron chi connectivity index (χ3n) is 4.48. The number of carbonyl (C=O) groups is 2. The van der Waals surface area contributed by atoms with Gasteiger partial charge in [-0.15, -0.1) is 0 Å². The van der Waals surface area contributed by atoms with Gasteiger partial charge < -0.3 is 4.90 Å². The Labute approximate surface area is 180 Å². The van der Waals surface area contributed by atoms with Crippen LogP contribution in [0.25, 0.3) is 0 Å². The standard InChI is InChI=1S/C23H24N4O2S/c1-15-10-11-16(2)20(13-15)30-23-19(9-6-12-24-23)22(29)26-25-21(28)17-7-5-8-18(14-17)27(3)4/h5-14H,1-4H3,(H,25,28)(H,26,29). The van der Waals surface area contributed by atoms with E-state index in [2.05, 4.69) is 21.9 Å². The number of amides is 2. The van der Waals surface area contributed by atoms with Crippen molar-refractivity contribution in [3.8, 4) is 0 Å². The number of rotatable bonds is 5. The number of hydrazine groups is 1. The second-order valence-corrected chi connectivity index (χ2v) is 8.11. The smallest absolute Gasteiger partial charge is 0.272 e. The van der Waals surface area contributed by atoms with Gasteiger partial charge >= 0.3 is 0 Å². The maximum Gasteiger partial charge on any atom is 0.272 e. The number of anilines is 1. The molecule has 0 fully saturated rings. The normalized spacial score (nSPS) is 10.4. The lowest BCUT2D eigenvalue weighted by Gasteiger charge is -2.14. The molecule has 2 amide bonds. The molecule has 0 aliphatic carbocycles. The van der Waals surface area contributed by atoms with Gasteiger partial charge in [0.25, 0.3) is 11.8 Å². The Morgan fingerprint density at radius 3 is 2.47 bits per heavy atom. The van der Waals surface area contributed by atoms with Crippen molar-refractivity contribution in [2.75, 3.05) is 19.0 Å². The first kappa shape index (κ1) is 21.4. The summed E-state index contributed by atoms with van der Waals surface area (Å²) in [6, 6.07) is 16.7. The van der Waals surface area contributed by atoms with Gasteiger partial charge in [-0.1, -0.05) is 30.0 Å². The fourth-order valence-corrected chi connectivity index (χ4v) is 3.81. The zero-order valence-corrected chi connectivity index (χ0v) is 18.2. The lowest BCUT2D eigenvalue weighted by atomic mass is 10.2. The molecule has 0 atom stereocenters. The van der Waals surface area contributed by atoms with Crippen LogP contribution in [0.2, 0.25) is 0 Å². The SMILES string of the molecule is Cc1ccc(C)c(Sc2ncccc2C(=O)NNC(=O)c2cccc(N(C)C)c2)c1. The zero-order valence-electron chi connectivity index (χ0n) is 17.4. The molecule has 3 rings (SSSR count). The molecule has 0 radical (unpaired) electrons. The summed E-state index contributed by atoms with van der Waals surface area (Å²) in [5.41, 5.74) is 8.97. The Balaban J connectivity index is 1.72. The molecule has 2 aromatic carbocycles. The molecule has 1 heterocycles. The minimum atomic E-state index is -0.423. The molecule has 7 heteroatoms. The van der Waals surface area contributed by atoms with Crippen molar-refractivity contribution < 1.29 is 9.59 Å². The summed E-state index contributed by atoms with van der Waals surface area (Å²) < 4.78 is 0. The summed E-state index contributed by atoms with van der Waals surface area (Å²) in [7, 11) is 3.80. The highest BCUT2D eigenvalue weighted by Crippen LogP contribution is 2.31. The molecule has 0 saturated carbocycles. The molecular weight excluding hydrogens is 396 g/mol. The first-order valence-corrected chi connectivity index (χ1v) is 10.2. The largest absolute Gasteiger partial charge is 0.378 e. The van der Waals surface area contributed by atoms with Gasteiger partial charge in [-0.3, -0.25) is 20.4 Å². The fourth-order valence-electron chi connectivity index (χ4n) is 2.74. The van der Waals surface area contributed by atoms with Gasteiger partial charge in [0.15, 0.2) is 0 Å². The van der Waals surface area contributed by atoms with E-state index in [9.17, 15) is 9.59 Å². The van der Waals surface area contributed by atoms with Crippen LogP contribution < -0.4 is 15.8 Å². The fraction of sp³-hybridized carbons (Fsp3) is 0.174. The molecule has 0 unspecified atom stereocenters. The van der Waals surface area contributed by atoms with E-state index >= 15 is 0 Å². The summed E-state index contributed by atoms with van der Waals surface area (Å²) in [6.07, 6.45) is 1.65. The van der Waals surface area contributed by atoms with E-state index < -0.39 is 5.91 Å². The molecule has 0 bridgehead atoms. The molecule has 0 aliphatic rings. The predicted molar refractivity (Wildman–Crippen MR) is 120 cm³/mol. The Morgan fingerprint density at radius 1 is 0.933 bits per heavy atom. The average Bonchev–Trinajstić information content (AvgIpc) is 2.74. The van der Waals surface area contributed by atoms with Crippen molar-refractivity contribution in [3.05, 3.63) is 83.0 Å². The molecule has 154 valence electrons. The number of hydrogen-bond donors (Lipinski definition) is 2. The minimum absolute atomic E-state index is 0.389. The summed E-state index contributed by atoms with van der Waals surface area (Å²) in [4.78, 5) is 32.5. The summed E-state index contributed by atoms with van der Waals surface area (Å²) >= 11 is 1.43. The first-order valence-electron chi connectivity index (χ1n) is 9.43. The highest BCUT2D eigenvalue weighted by atomic mass is 32.2. The Kier molecular flexibility index (Phi) is 6.74. The van der Waals surface area contributed by atoms with E-state index in [4.69, 9.17) is 0 Å². The maximum atomic E-state index is 12.7. The number of pyridine rings is 1. The third kappa shape index (κ3) is 5.18. The second kappa shape index (κ2) is 9.45. The van der Waals surface area contributed by atoms with Crippen LogP contribution in [0.1, 0.15) is 31.8 Å². The van der Waals surface area contributed by atoms with Crippen LogP contribution in [0.5, 0.6) is 0 Å². The Hall–Kier alpha value is -3.32. The predicted octanol–water partition coefficient (Wildman–Crippen LogP) is 3.99. The number of carbonyl (C=O) groups excluding carboxylic acids is 2. The summed E-state index contributed by atoms with van der Waals surface area (Å²) in [5, 5.41) is 0.576. The topological polar surface area (TPSA) is 74.3 Å². The number of nitrogens with zero attached hydrogens (tertiary/aromatic N) is 2. The van der Waals surface area contributed by atoms with E-state index in [1.54, 1.807) is 36.5 Å². The highest BCUT2D eigenvalue weighted by molar-refractivity contribution is 7.99. The quantitative estimate of drug-likeness (QED) is 0.611. The van der Waals surface area contributed by atoms with Crippen LogP contribution in [0.4, 0.5) is 5.69 Å². The molecule has 0 saturated heterocycles. The van der Waals surface area contributed by atoms with Gasteiger partial charge in [-0.25, -0.2) is 4.98 Å². The molecule has 6 nitrogen and oxygen atoms in total. The monoisotopic (exact) mass is 420 g/mol. The molecule has 30 heavy (non-hydrogen) atoms. The van der Waals surface area contributed by atoms with Gasteiger partial charge in [-0.2, -0.15) is 0 Å². The van der Waals surface area contributed by atoms with Crippen LogP contribution in [0, 0.1) is 13.8 Å². The molecule has 0 aliphatic heterocycles. The highest BCUT2D eigenvalue weighted by Gasteiger charge is 2.16. The average molecular weight is 421 g/mol. The van der Waals surface area contributed by atoms with E-state index in [-0.39, 0.29) is 5.91 Å². The molecule has 2 N–H and O–H groups in total. The van der Waals surface area contributed by atoms with Gasteiger partial charge in [0.1, 0.15) is 5.03 Å². The van der Waals surface area contributed by atoms with Crippen LogP contribution >= 0.6 is 11.8 Å². The number of hydrogen-bond acceptors (Lipinski definition) is 5. The summed E-state index contributed by atoms with van der Waals surface area (Å²) in [5.74, 6) is -0.812. The summed E-state index contributed by atoms with van der Waals surface area (Å²) in [6.45, 7) is 4.04. The Morgan fingerprint density at radius 2 is 1.70 bits per heavy atom. The van der Waals surface area contributed by atoms with Crippen molar-refractivity contribution in [1.82, 2.24) is 15.8 Å². The van der Waals surface area contributed by atoms with Gasteiger partial charge in [0, 0.05) is 36.4 Å². The van der Waals surface area contributed by atoms with E-state index in [0.717, 1.165) is 21.7 Å². The lowest BCUT2D eigenvalue weighted by molar-refractivity contribution is 0.0844. The molecule has 1 aromatic heterocycles. The number of benzene rings is 2. The van der Waals surface area contributed by atoms with Crippen molar-refractivity contribution >= 4 is 29.3 Å². The molecular formula is C23H24N4O2S. The van der Waals surface area contributed by atoms with E-state index in [0.29, 0.717) is 16.2 Å². The van der Waals surface area contributed by atoms with E-state index in [1.807, 2.05) is 51.0 Å². The molecule has 0 spiro atoms. The van der Waals surface area contributed by atoms with Gasteiger partial charge in [0.2, 0.25) is 0 Å². The number of aromatic nitrogens is 1. The number of nitrogens with one attached hydrogen (secondary N) is 2. The van der Waals surface area contributed by atoms with Gasteiger partial charge in [-0.05, 0) is 61.4 Å². The minimum Gasteiger partial charge on any atom is -0.378 e. The zero-order chi connectivity index (χ0) is 21.7. The van der Waals surface area contributed by atoms with Crippen molar-refractivity contribution in [1.29, 1.82) is 0 Å². The third-order valence-corrected chi connectivity index (χ3v) is 5.66. The van der Waals surface area contributed by atoms with Crippen molar-refractivity contribution in [2.24, 2.45) is 0 Å². The first-order chi connectivity index (χ1) is 14.3. The van der Waals surface area contributed by atoms with Crippen molar-refractivity contribution in [3.63, 3.8) is 0 Å². The van der Waals surface area contributed by atoms with Gasteiger partial charge in [0.05, 0.1) is 5.56 Å². The van der Waals surface area contributed by atoms with Crippen LogP contribution in [0.15, 0.2) is 70.7 Å². The van der Waals surface area contributed by atoms with E-state index in [1.165, 1.54) is 11.8 Å².